The van der Waals surface area contributed by atoms with Crippen molar-refractivity contribution in [3.05, 3.63) is 95.3 Å². The highest BCUT2D eigenvalue weighted by molar-refractivity contribution is 5.79. The summed E-state index contributed by atoms with van der Waals surface area (Å²) in [7, 11) is 0. The molecule has 6 rings (SSSR count). The fourth-order valence-electron chi connectivity index (χ4n) is 5.63. The van der Waals surface area contributed by atoms with Crippen LogP contribution in [-0.2, 0) is 4.74 Å². The highest BCUT2D eigenvalue weighted by atomic mass is 19.1. The first kappa shape index (κ1) is 20.1. The van der Waals surface area contributed by atoms with Gasteiger partial charge >= 0.3 is 6.09 Å². The summed E-state index contributed by atoms with van der Waals surface area (Å²) in [4.78, 5) is 18.2. The molecule has 2 unspecified atom stereocenters. The van der Waals surface area contributed by atoms with Crippen molar-refractivity contribution in [3.8, 4) is 11.1 Å². The van der Waals surface area contributed by atoms with Gasteiger partial charge in [0.2, 0.25) is 11.9 Å². The van der Waals surface area contributed by atoms with Crippen molar-refractivity contribution in [1.29, 1.82) is 0 Å². The molecular weight excluding hydrogens is 422 g/mol. The summed E-state index contributed by atoms with van der Waals surface area (Å²) in [6.45, 7) is 0.274. The minimum Gasteiger partial charge on any atom is -0.448 e. The molecule has 2 aromatic carbocycles. The fraction of sp³-hybridized carbons (Fsp3) is 0.259. The van der Waals surface area contributed by atoms with Crippen LogP contribution in [0.5, 0.6) is 0 Å². The number of aromatic nitrogens is 1. The molecule has 1 amide bonds. The molecule has 0 N–H and O–H groups in total. The first-order valence-corrected chi connectivity index (χ1v) is 11.3. The van der Waals surface area contributed by atoms with E-state index in [2.05, 4.69) is 29.2 Å². The Labute approximate surface area is 190 Å². The number of rotatable bonds is 3. The lowest BCUT2D eigenvalue weighted by Gasteiger charge is -2.33. The normalized spacial score (nSPS) is 20.9. The van der Waals surface area contributed by atoms with Gasteiger partial charge in [0.05, 0.1) is 6.04 Å². The lowest BCUT2D eigenvalue weighted by atomic mass is 9.96. The van der Waals surface area contributed by atoms with Gasteiger partial charge in [-0.1, -0.05) is 54.6 Å². The number of nitrogens with zero attached hydrogens (tertiary/aromatic N) is 2. The number of ether oxygens (including phenoxy) is 1. The van der Waals surface area contributed by atoms with Crippen molar-refractivity contribution >= 4 is 11.7 Å². The van der Waals surface area contributed by atoms with E-state index in [1.807, 2.05) is 30.3 Å². The van der Waals surface area contributed by atoms with Crippen LogP contribution in [0.4, 0.5) is 13.6 Å². The Bertz CT molecular complexity index is 1240. The van der Waals surface area contributed by atoms with E-state index >= 15 is 0 Å². The number of carbonyl (C=O) groups is 1. The maximum Gasteiger partial charge on any atom is 0.410 e. The number of pyridine rings is 1. The van der Waals surface area contributed by atoms with Crippen molar-refractivity contribution in [1.82, 2.24) is 9.88 Å². The van der Waals surface area contributed by atoms with Gasteiger partial charge in [-0.3, -0.25) is 4.90 Å². The molecule has 3 aromatic rings. The van der Waals surface area contributed by atoms with Gasteiger partial charge in [0.1, 0.15) is 6.61 Å². The van der Waals surface area contributed by atoms with Gasteiger partial charge in [0.15, 0.2) is 0 Å². The molecule has 2 bridgehead atoms. The van der Waals surface area contributed by atoms with Crippen LogP contribution >= 0.6 is 0 Å². The second-order valence-electron chi connectivity index (χ2n) is 8.88. The van der Waals surface area contributed by atoms with E-state index in [-0.39, 0.29) is 30.7 Å². The van der Waals surface area contributed by atoms with Crippen LogP contribution < -0.4 is 0 Å². The number of halogens is 2. The van der Waals surface area contributed by atoms with Crippen LogP contribution in [0.3, 0.4) is 0 Å². The van der Waals surface area contributed by atoms with Crippen molar-refractivity contribution in [2.24, 2.45) is 0 Å². The minimum atomic E-state index is -0.837. The summed E-state index contributed by atoms with van der Waals surface area (Å²) < 4.78 is 33.3. The number of hydrogen-bond acceptors (Lipinski definition) is 3. The Hall–Kier alpha value is -3.54. The van der Waals surface area contributed by atoms with E-state index in [1.54, 1.807) is 4.90 Å². The van der Waals surface area contributed by atoms with Gasteiger partial charge in [-0.05, 0) is 59.2 Å². The summed E-state index contributed by atoms with van der Waals surface area (Å²) in [5.74, 6) is -1.64. The first-order chi connectivity index (χ1) is 16.1. The molecule has 1 fully saturated rings. The summed E-state index contributed by atoms with van der Waals surface area (Å²) >= 11 is 0. The Balaban J connectivity index is 1.21. The number of benzene rings is 2. The third-order valence-corrected chi connectivity index (χ3v) is 7.10. The van der Waals surface area contributed by atoms with E-state index in [0.29, 0.717) is 12.0 Å². The number of hydrogen-bond donors (Lipinski definition) is 0. The molecular formula is C27H22F2N2O2. The van der Waals surface area contributed by atoms with Gasteiger partial charge < -0.3 is 4.74 Å². The van der Waals surface area contributed by atoms with Gasteiger partial charge in [0.25, 0.3) is 0 Å². The minimum absolute atomic E-state index is 0.00859. The zero-order chi connectivity index (χ0) is 22.5. The molecule has 1 aromatic heterocycles. The second kappa shape index (κ2) is 7.80. The maximum atomic E-state index is 14.2. The molecule has 4 nitrogen and oxygen atoms in total. The molecule has 3 heterocycles. The van der Waals surface area contributed by atoms with Gasteiger partial charge in [-0.25, -0.2) is 4.79 Å². The van der Waals surface area contributed by atoms with Crippen LogP contribution in [0.25, 0.3) is 16.7 Å². The summed E-state index contributed by atoms with van der Waals surface area (Å²) in [6.07, 6.45) is 3.70. The monoisotopic (exact) mass is 444 g/mol. The van der Waals surface area contributed by atoms with Gasteiger partial charge in [0, 0.05) is 17.5 Å². The average Bonchev–Trinajstić information content (AvgIpc) is 3.28. The van der Waals surface area contributed by atoms with Crippen molar-refractivity contribution in [2.45, 2.75) is 37.3 Å². The molecule has 1 aliphatic carbocycles. The Morgan fingerprint density at radius 2 is 1.64 bits per heavy atom. The molecule has 33 heavy (non-hydrogen) atoms. The molecule has 3 aliphatic rings. The maximum absolute atomic E-state index is 14.2. The molecule has 166 valence electrons. The predicted octanol–water partition coefficient (Wildman–Crippen LogP) is 5.93. The van der Waals surface area contributed by atoms with Crippen LogP contribution in [0.15, 0.2) is 66.7 Å². The third-order valence-electron chi connectivity index (χ3n) is 7.10. The number of carbonyl (C=O) groups excluding carboxylic acids is 1. The van der Waals surface area contributed by atoms with Crippen molar-refractivity contribution in [3.63, 3.8) is 0 Å². The van der Waals surface area contributed by atoms with Gasteiger partial charge in [-0.15, -0.1) is 0 Å². The van der Waals surface area contributed by atoms with E-state index in [1.165, 1.54) is 34.4 Å². The molecule has 2 aliphatic heterocycles. The molecule has 0 saturated carbocycles. The van der Waals surface area contributed by atoms with Crippen molar-refractivity contribution in [2.75, 3.05) is 6.61 Å². The Morgan fingerprint density at radius 1 is 0.939 bits per heavy atom. The van der Waals surface area contributed by atoms with Crippen LogP contribution in [0.2, 0.25) is 0 Å². The highest BCUT2D eigenvalue weighted by Gasteiger charge is 2.41. The second-order valence-corrected chi connectivity index (χ2v) is 8.88. The number of fused-ring (bicyclic) bond motifs is 5. The Kier molecular flexibility index (Phi) is 4.75. The smallest absolute Gasteiger partial charge is 0.410 e. The summed E-state index contributed by atoms with van der Waals surface area (Å²) in [5, 5.41) is 0. The van der Waals surface area contributed by atoms with E-state index in [4.69, 9.17) is 4.74 Å². The van der Waals surface area contributed by atoms with Crippen molar-refractivity contribution < 1.29 is 18.3 Å². The largest absolute Gasteiger partial charge is 0.448 e. The topological polar surface area (TPSA) is 42.4 Å². The van der Waals surface area contributed by atoms with E-state index in [0.717, 1.165) is 18.4 Å². The van der Waals surface area contributed by atoms with E-state index in [9.17, 15) is 13.6 Å². The predicted molar refractivity (Wildman–Crippen MR) is 120 cm³/mol. The molecule has 0 spiro atoms. The zero-order valence-electron chi connectivity index (χ0n) is 17.9. The van der Waals surface area contributed by atoms with Crippen LogP contribution in [-0.4, -0.2) is 34.7 Å². The molecule has 6 heteroatoms. The van der Waals surface area contributed by atoms with Gasteiger partial charge in [-0.2, -0.15) is 13.8 Å². The Morgan fingerprint density at radius 3 is 2.30 bits per heavy atom. The lowest BCUT2D eigenvalue weighted by Crippen LogP contribution is -2.43. The zero-order valence-corrected chi connectivity index (χ0v) is 17.9. The molecule has 2 atom stereocenters. The van der Waals surface area contributed by atoms with Crippen LogP contribution in [0, 0.1) is 11.9 Å². The summed E-state index contributed by atoms with van der Waals surface area (Å²) in [6, 6.07) is 18.9. The van der Waals surface area contributed by atoms with E-state index < -0.39 is 11.9 Å². The molecule has 0 radical (unpaired) electrons. The SMILES string of the molecule is O=C(OCC1c2ccccc2-c2ccccc21)N1C2C=C(c3ccc(F)nc3F)CC1CC2. The van der Waals surface area contributed by atoms with Crippen LogP contribution in [0.1, 0.15) is 41.9 Å². The fourth-order valence-corrected chi connectivity index (χ4v) is 5.63. The summed E-state index contributed by atoms with van der Waals surface area (Å²) in [5.41, 5.74) is 5.81. The average molecular weight is 444 g/mol. The standard InChI is InChI=1S/C27H22F2N2O2/c28-25-12-11-19(26(29)30-25)16-13-17-9-10-18(14-16)31(17)27(32)33-15-24-22-7-3-1-5-20(22)21-6-2-4-8-23(21)24/h1-8,11-13,17-18,24H,9-10,14-15H2. The number of amides is 1. The lowest BCUT2D eigenvalue weighted by molar-refractivity contribution is 0.0866. The third kappa shape index (κ3) is 3.32. The highest BCUT2D eigenvalue weighted by Crippen LogP contribution is 2.45. The first-order valence-electron chi connectivity index (χ1n) is 11.3. The quantitative estimate of drug-likeness (QED) is 0.471. The molecule has 1 saturated heterocycles.